The normalized spacial score (nSPS) is 15.1. The lowest BCUT2D eigenvalue weighted by atomic mass is 9.93. The third-order valence-corrected chi connectivity index (χ3v) is 4.48. The molecule has 0 amide bonds. The molecule has 0 aromatic carbocycles. The highest BCUT2D eigenvalue weighted by Gasteiger charge is 2.25. The van der Waals surface area contributed by atoms with Gasteiger partial charge in [-0.15, -0.1) is 0 Å². The maximum atomic E-state index is 12.0. The van der Waals surface area contributed by atoms with Crippen molar-refractivity contribution in [2.75, 3.05) is 40.3 Å². The molecule has 0 aliphatic rings. The second-order valence-corrected chi connectivity index (χ2v) is 8.07. The summed E-state index contributed by atoms with van der Waals surface area (Å²) < 4.78 is 26.7. The van der Waals surface area contributed by atoms with Crippen LogP contribution < -0.4 is 10.0 Å². The summed E-state index contributed by atoms with van der Waals surface area (Å²) in [5, 5.41) is 2.65. The molecule has 1 unspecified atom stereocenters. The van der Waals surface area contributed by atoms with Crippen molar-refractivity contribution < 1.29 is 8.42 Å². The van der Waals surface area contributed by atoms with E-state index >= 15 is 0 Å². The number of nitrogens with one attached hydrogen (secondary N) is 2. The number of hydrogen-bond donors (Lipinski definition) is 2. The molecule has 0 aromatic heterocycles. The van der Waals surface area contributed by atoms with Gasteiger partial charge in [-0.25, -0.2) is 13.1 Å². The van der Waals surface area contributed by atoms with E-state index in [1.165, 1.54) is 0 Å². The van der Waals surface area contributed by atoms with Crippen LogP contribution in [0.25, 0.3) is 0 Å². The Hall–Kier alpha value is -0.170. The van der Waals surface area contributed by atoms with Crippen molar-refractivity contribution in [1.82, 2.24) is 14.9 Å². The number of sulfonamides is 1. The summed E-state index contributed by atoms with van der Waals surface area (Å²) in [6.45, 7) is 10.4. The van der Waals surface area contributed by atoms with Crippen LogP contribution in [0.1, 0.15) is 27.7 Å². The second-order valence-electron chi connectivity index (χ2n) is 5.89. The summed E-state index contributed by atoms with van der Waals surface area (Å²) in [6.07, 6.45) is 0. The molecule has 0 saturated heterocycles. The van der Waals surface area contributed by atoms with Gasteiger partial charge in [-0.1, -0.05) is 20.8 Å². The molecule has 0 fully saturated rings. The molecule has 0 aromatic rings. The molecule has 5 nitrogen and oxygen atoms in total. The molecule has 1 atom stereocenters. The minimum absolute atomic E-state index is 0.0749. The van der Waals surface area contributed by atoms with Gasteiger partial charge < -0.3 is 10.2 Å². The monoisotopic (exact) mass is 279 g/mol. The van der Waals surface area contributed by atoms with Gasteiger partial charge in [0.1, 0.15) is 0 Å². The SMILES string of the molecule is CCNCC(C)S(=O)(=O)NCC(C)(C)CN(C)C. The number of rotatable bonds is 9. The van der Waals surface area contributed by atoms with Gasteiger partial charge >= 0.3 is 0 Å². The molecule has 0 aliphatic carbocycles. The number of nitrogens with zero attached hydrogens (tertiary/aromatic N) is 1. The highest BCUT2D eigenvalue weighted by Crippen LogP contribution is 2.15. The average Bonchev–Trinajstić information content (AvgIpc) is 2.21. The summed E-state index contributed by atoms with van der Waals surface area (Å²) in [7, 11) is 0.748. The van der Waals surface area contributed by atoms with Crippen LogP contribution in [-0.4, -0.2) is 58.8 Å². The molecule has 0 aliphatic heterocycles. The minimum Gasteiger partial charge on any atom is -0.316 e. The summed E-state index contributed by atoms with van der Waals surface area (Å²) in [4.78, 5) is 2.07. The van der Waals surface area contributed by atoms with Crippen molar-refractivity contribution in [3.05, 3.63) is 0 Å². The van der Waals surface area contributed by atoms with Crippen LogP contribution in [0.15, 0.2) is 0 Å². The van der Waals surface area contributed by atoms with Gasteiger partial charge in [0.2, 0.25) is 10.0 Å². The Kier molecular flexibility index (Phi) is 7.36. The molecule has 0 radical (unpaired) electrons. The average molecular weight is 279 g/mol. The summed E-state index contributed by atoms with van der Waals surface area (Å²) in [6, 6.07) is 0. The zero-order valence-corrected chi connectivity index (χ0v) is 13.4. The summed E-state index contributed by atoms with van der Waals surface area (Å²) >= 11 is 0. The van der Waals surface area contributed by atoms with Crippen LogP contribution in [0.3, 0.4) is 0 Å². The second kappa shape index (κ2) is 7.43. The van der Waals surface area contributed by atoms with Crippen LogP contribution in [0, 0.1) is 5.41 Å². The van der Waals surface area contributed by atoms with Gasteiger partial charge in [-0.05, 0) is 33.0 Å². The van der Waals surface area contributed by atoms with Crippen LogP contribution in [0.4, 0.5) is 0 Å². The topological polar surface area (TPSA) is 61.4 Å². The summed E-state index contributed by atoms with van der Waals surface area (Å²) in [5.41, 5.74) is -0.0749. The van der Waals surface area contributed by atoms with E-state index in [0.29, 0.717) is 13.1 Å². The first-order chi connectivity index (χ1) is 8.10. The van der Waals surface area contributed by atoms with Crippen molar-refractivity contribution >= 4 is 10.0 Å². The Morgan fingerprint density at radius 3 is 2.28 bits per heavy atom. The highest BCUT2D eigenvalue weighted by molar-refractivity contribution is 7.90. The zero-order valence-electron chi connectivity index (χ0n) is 12.6. The first-order valence-corrected chi connectivity index (χ1v) is 7.99. The molecule has 110 valence electrons. The van der Waals surface area contributed by atoms with E-state index in [-0.39, 0.29) is 5.41 Å². The predicted molar refractivity (Wildman–Crippen MR) is 77.3 cm³/mol. The fourth-order valence-corrected chi connectivity index (χ4v) is 3.02. The van der Waals surface area contributed by atoms with Crippen LogP contribution in [0.5, 0.6) is 0 Å². The molecule has 2 N–H and O–H groups in total. The first kappa shape index (κ1) is 17.8. The Labute approximate surface area is 112 Å². The summed E-state index contributed by atoms with van der Waals surface area (Å²) in [5.74, 6) is 0. The quantitative estimate of drug-likeness (QED) is 0.645. The van der Waals surface area contributed by atoms with Crippen LogP contribution in [-0.2, 0) is 10.0 Å². The molecular weight excluding hydrogens is 250 g/mol. The molecular formula is C12H29N3O2S. The van der Waals surface area contributed by atoms with Crippen molar-refractivity contribution in [1.29, 1.82) is 0 Å². The maximum Gasteiger partial charge on any atom is 0.215 e. The van der Waals surface area contributed by atoms with E-state index in [2.05, 4.69) is 28.8 Å². The smallest absolute Gasteiger partial charge is 0.215 e. The molecule has 0 rings (SSSR count). The predicted octanol–water partition coefficient (Wildman–Crippen LogP) is 0.492. The van der Waals surface area contributed by atoms with E-state index in [1.54, 1.807) is 6.92 Å². The maximum absolute atomic E-state index is 12.0. The fraction of sp³-hybridized carbons (Fsp3) is 1.00. The van der Waals surface area contributed by atoms with Gasteiger partial charge in [-0.2, -0.15) is 0 Å². The van der Waals surface area contributed by atoms with E-state index < -0.39 is 15.3 Å². The van der Waals surface area contributed by atoms with Crippen LogP contribution in [0.2, 0.25) is 0 Å². The molecule has 18 heavy (non-hydrogen) atoms. The van der Waals surface area contributed by atoms with Crippen LogP contribution >= 0.6 is 0 Å². The van der Waals surface area contributed by atoms with E-state index in [1.807, 2.05) is 21.0 Å². The van der Waals surface area contributed by atoms with Crippen molar-refractivity contribution in [2.24, 2.45) is 5.41 Å². The molecule has 0 heterocycles. The lowest BCUT2D eigenvalue weighted by Gasteiger charge is -2.29. The van der Waals surface area contributed by atoms with E-state index in [0.717, 1.165) is 13.1 Å². The molecule has 6 heteroatoms. The first-order valence-electron chi connectivity index (χ1n) is 6.44. The van der Waals surface area contributed by atoms with Gasteiger partial charge in [0.15, 0.2) is 0 Å². The molecule has 0 spiro atoms. The van der Waals surface area contributed by atoms with Gasteiger partial charge in [0.25, 0.3) is 0 Å². The van der Waals surface area contributed by atoms with Gasteiger partial charge in [0.05, 0.1) is 5.25 Å². The fourth-order valence-electron chi connectivity index (χ4n) is 1.81. The third kappa shape index (κ3) is 7.31. The van der Waals surface area contributed by atoms with Gasteiger partial charge in [-0.3, -0.25) is 0 Å². The third-order valence-electron chi connectivity index (χ3n) is 2.71. The van der Waals surface area contributed by atoms with Crippen molar-refractivity contribution in [2.45, 2.75) is 32.9 Å². The lowest BCUT2D eigenvalue weighted by Crippen LogP contribution is -2.44. The molecule has 0 saturated carbocycles. The highest BCUT2D eigenvalue weighted by atomic mass is 32.2. The largest absolute Gasteiger partial charge is 0.316 e. The standard InChI is InChI=1S/C12H29N3O2S/c1-7-13-8-11(2)18(16,17)14-9-12(3,4)10-15(5)6/h11,13-14H,7-10H2,1-6H3. The van der Waals surface area contributed by atoms with E-state index in [4.69, 9.17) is 0 Å². The van der Waals surface area contributed by atoms with Gasteiger partial charge in [0, 0.05) is 19.6 Å². The van der Waals surface area contributed by atoms with Crippen molar-refractivity contribution in [3.8, 4) is 0 Å². The number of hydrogen-bond acceptors (Lipinski definition) is 4. The zero-order chi connectivity index (χ0) is 14.4. The Bertz CT molecular complexity index is 326. The Morgan fingerprint density at radius 2 is 1.83 bits per heavy atom. The lowest BCUT2D eigenvalue weighted by molar-refractivity contribution is 0.242. The van der Waals surface area contributed by atoms with E-state index in [9.17, 15) is 8.42 Å². The Balaban J connectivity index is 4.33. The minimum atomic E-state index is -3.23. The van der Waals surface area contributed by atoms with Crippen molar-refractivity contribution in [3.63, 3.8) is 0 Å². The molecule has 0 bridgehead atoms. The Morgan fingerprint density at radius 1 is 1.28 bits per heavy atom.